The van der Waals surface area contributed by atoms with Crippen molar-refractivity contribution in [2.24, 2.45) is 5.92 Å². The number of nitrogens with one attached hydrogen (secondary N) is 1. The summed E-state index contributed by atoms with van der Waals surface area (Å²) >= 11 is 0. The molecule has 0 unspecified atom stereocenters. The number of carbonyl (C=O) groups is 2. The molecule has 0 radical (unpaired) electrons. The highest BCUT2D eigenvalue weighted by Gasteiger charge is 2.29. The summed E-state index contributed by atoms with van der Waals surface area (Å²) in [6, 6.07) is 13.7. The molecule has 0 aliphatic carbocycles. The van der Waals surface area contributed by atoms with Gasteiger partial charge in [-0.2, -0.15) is 5.48 Å². The Kier molecular flexibility index (Phi) is 6.80. The highest BCUT2D eigenvalue weighted by Crippen LogP contribution is 2.19. The van der Waals surface area contributed by atoms with Crippen molar-refractivity contribution in [1.82, 2.24) is 5.48 Å². The van der Waals surface area contributed by atoms with Crippen LogP contribution in [0.1, 0.15) is 40.2 Å². The Balaban J connectivity index is 1.91. The van der Waals surface area contributed by atoms with E-state index in [9.17, 15) is 9.59 Å². The van der Waals surface area contributed by atoms with E-state index in [4.69, 9.17) is 14.3 Å². The number of fused-ring (bicyclic) bond motifs is 1. The third-order valence-electron chi connectivity index (χ3n) is 3.75. The van der Waals surface area contributed by atoms with E-state index in [1.807, 2.05) is 42.5 Å². The summed E-state index contributed by atoms with van der Waals surface area (Å²) in [7, 11) is 0. The van der Waals surface area contributed by atoms with Gasteiger partial charge >= 0.3 is 12.1 Å². The minimum atomic E-state index is -0.922. The number of esters is 1. The Morgan fingerprint density at radius 1 is 1.04 bits per heavy atom. The van der Waals surface area contributed by atoms with E-state index in [0.29, 0.717) is 0 Å². The molecule has 0 spiro atoms. The molecule has 0 aromatic heterocycles. The Bertz CT molecular complexity index is 789. The number of hydrogen-bond acceptors (Lipinski definition) is 5. The third kappa shape index (κ3) is 6.25. The first-order valence-electron chi connectivity index (χ1n) is 8.95. The zero-order valence-electron chi connectivity index (χ0n) is 16.4. The lowest BCUT2D eigenvalue weighted by molar-refractivity contribution is -0.176. The predicted molar refractivity (Wildman–Crippen MR) is 103 cm³/mol. The summed E-state index contributed by atoms with van der Waals surface area (Å²) < 4.78 is 10.5. The van der Waals surface area contributed by atoms with Crippen LogP contribution in [-0.4, -0.2) is 23.8 Å². The van der Waals surface area contributed by atoms with Gasteiger partial charge in [0.15, 0.2) is 6.10 Å². The van der Waals surface area contributed by atoms with E-state index in [1.165, 1.54) is 0 Å². The quantitative estimate of drug-likeness (QED) is 0.601. The molecule has 2 aromatic carbocycles. The molecule has 0 heterocycles. The fraction of sp³-hybridized carbons (Fsp3) is 0.429. The van der Waals surface area contributed by atoms with Crippen LogP contribution < -0.4 is 5.48 Å². The minimum absolute atomic E-state index is 0.0926. The van der Waals surface area contributed by atoms with Gasteiger partial charge in [0.2, 0.25) is 0 Å². The highest BCUT2D eigenvalue weighted by molar-refractivity contribution is 5.85. The molecule has 2 rings (SSSR count). The van der Waals surface area contributed by atoms with Crippen LogP contribution in [0.3, 0.4) is 0 Å². The van der Waals surface area contributed by atoms with Gasteiger partial charge in [0.05, 0.1) is 0 Å². The molecule has 0 saturated carbocycles. The number of carbonyl (C=O) groups excluding carboxylic acids is 2. The number of rotatable bonds is 6. The summed E-state index contributed by atoms with van der Waals surface area (Å²) in [5.74, 6) is -0.718. The zero-order valence-corrected chi connectivity index (χ0v) is 16.4. The van der Waals surface area contributed by atoms with Gasteiger partial charge in [-0.3, -0.25) is 4.84 Å². The average Bonchev–Trinajstić information content (AvgIpc) is 2.58. The van der Waals surface area contributed by atoms with E-state index in [1.54, 1.807) is 34.6 Å². The first kappa shape index (κ1) is 20.7. The second-order valence-electron chi connectivity index (χ2n) is 7.63. The van der Waals surface area contributed by atoms with Crippen LogP contribution >= 0.6 is 0 Å². The normalized spacial score (nSPS) is 12.7. The molecule has 6 heteroatoms. The van der Waals surface area contributed by atoms with Gasteiger partial charge < -0.3 is 9.47 Å². The van der Waals surface area contributed by atoms with Gasteiger partial charge in [0, 0.05) is 0 Å². The SMILES string of the molecule is CC(C)[C@H](ONC(=O)OCc1cccc2ccccc12)C(=O)OC(C)(C)C. The Labute approximate surface area is 159 Å². The van der Waals surface area contributed by atoms with Crippen molar-refractivity contribution in [1.29, 1.82) is 0 Å². The van der Waals surface area contributed by atoms with Crippen LogP contribution in [0.4, 0.5) is 4.79 Å². The topological polar surface area (TPSA) is 73.9 Å². The molecular weight excluding hydrogens is 346 g/mol. The molecule has 0 aliphatic heterocycles. The van der Waals surface area contributed by atoms with Crippen LogP contribution in [0.5, 0.6) is 0 Å². The lowest BCUT2D eigenvalue weighted by Gasteiger charge is -2.25. The van der Waals surface area contributed by atoms with Crippen molar-refractivity contribution in [3.05, 3.63) is 48.0 Å². The Morgan fingerprint density at radius 2 is 1.70 bits per heavy atom. The number of benzene rings is 2. The molecule has 1 amide bonds. The second kappa shape index (κ2) is 8.86. The van der Waals surface area contributed by atoms with Crippen molar-refractivity contribution >= 4 is 22.8 Å². The van der Waals surface area contributed by atoms with E-state index in [2.05, 4.69) is 5.48 Å². The summed E-state index contributed by atoms with van der Waals surface area (Å²) in [6.45, 7) is 9.02. The summed E-state index contributed by atoms with van der Waals surface area (Å²) in [6.07, 6.45) is -1.69. The number of ether oxygens (including phenoxy) is 2. The summed E-state index contributed by atoms with van der Waals surface area (Å²) in [5.41, 5.74) is 2.44. The van der Waals surface area contributed by atoms with Gasteiger partial charge in [-0.1, -0.05) is 56.3 Å². The highest BCUT2D eigenvalue weighted by atomic mass is 16.7. The monoisotopic (exact) mass is 373 g/mol. The molecule has 0 aliphatic rings. The predicted octanol–water partition coefficient (Wildman–Crippen LogP) is 4.36. The molecule has 27 heavy (non-hydrogen) atoms. The largest absolute Gasteiger partial charge is 0.458 e. The first-order chi connectivity index (χ1) is 12.7. The molecule has 0 fully saturated rings. The van der Waals surface area contributed by atoms with Crippen LogP contribution in [0, 0.1) is 5.92 Å². The fourth-order valence-electron chi connectivity index (χ4n) is 2.52. The summed E-state index contributed by atoms with van der Waals surface area (Å²) in [5, 5.41) is 2.09. The molecule has 6 nitrogen and oxygen atoms in total. The maximum atomic E-state index is 12.2. The van der Waals surface area contributed by atoms with Crippen LogP contribution in [-0.2, 0) is 25.7 Å². The van der Waals surface area contributed by atoms with Crippen molar-refractivity contribution < 1.29 is 23.9 Å². The van der Waals surface area contributed by atoms with E-state index >= 15 is 0 Å². The smallest absolute Gasteiger partial charge is 0.431 e. The fourth-order valence-corrected chi connectivity index (χ4v) is 2.52. The van der Waals surface area contributed by atoms with E-state index in [0.717, 1.165) is 16.3 Å². The van der Waals surface area contributed by atoms with E-state index < -0.39 is 23.8 Å². The molecular formula is C21H27NO5. The molecule has 2 aromatic rings. The van der Waals surface area contributed by atoms with Gasteiger partial charge in [0.1, 0.15) is 12.2 Å². The van der Waals surface area contributed by atoms with Crippen LogP contribution in [0.25, 0.3) is 10.8 Å². The molecule has 1 N–H and O–H groups in total. The first-order valence-corrected chi connectivity index (χ1v) is 8.95. The van der Waals surface area contributed by atoms with Crippen molar-refractivity contribution in [3.63, 3.8) is 0 Å². The average molecular weight is 373 g/mol. The number of hydroxylamine groups is 1. The zero-order chi connectivity index (χ0) is 20.0. The van der Waals surface area contributed by atoms with Gasteiger partial charge in [-0.05, 0) is 43.0 Å². The molecule has 146 valence electrons. The van der Waals surface area contributed by atoms with E-state index in [-0.39, 0.29) is 12.5 Å². The molecule has 0 bridgehead atoms. The third-order valence-corrected chi connectivity index (χ3v) is 3.75. The van der Waals surface area contributed by atoms with Crippen molar-refractivity contribution in [3.8, 4) is 0 Å². The van der Waals surface area contributed by atoms with Gasteiger partial charge in [0.25, 0.3) is 0 Å². The Morgan fingerprint density at radius 3 is 2.37 bits per heavy atom. The van der Waals surface area contributed by atoms with Crippen molar-refractivity contribution in [2.75, 3.05) is 0 Å². The lowest BCUT2D eigenvalue weighted by atomic mass is 10.1. The van der Waals surface area contributed by atoms with Crippen LogP contribution in [0.15, 0.2) is 42.5 Å². The van der Waals surface area contributed by atoms with Gasteiger partial charge in [-0.15, -0.1) is 0 Å². The van der Waals surface area contributed by atoms with Crippen LogP contribution in [0.2, 0.25) is 0 Å². The molecule has 0 saturated heterocycles. The Hall–Kier alpha value is -2.60. The summed E-state index contributed by atoms with van der Waals surface area (Å²) in [4.78, 5) is 29.4. The second-order valence-corrected chi connectivity index (χ2v) is 7.63. The standard InChI is InChI=1S/C21H27NO5/c1-14(2)18(19(23)26-21(3,4)5)27-22-20(24)25-13-16-11-8-10-15-9-6-7-12-17(15)16/h6-12,14,18H,13H2,1-5H3,(H,22,24)/t18-/m0/s1. The lowest BCUT2D eigenvalue weighted by Crippen LogP contribution is -2.41. The number of amides is 1. The molecule has 1 atom stereocenters. The maximum Gasteiger partial charge on any atom is 0.431 e. The minimum Gasteiger partial charge on any atom is -0.458 e. The maximum absolute atomic E-state index is 12.2. The van der Waals surface area contributed by atoms with Crippen molar-refractivity contribution in [2.45, 2.75) is 52.9 Å². The van der Waals surface area contributed by atoms with Gasteiger partial charge in [-0.25, -0.2) is 9.59 Å². The number of hydrogen-bond donors (Lipinski definition) is 1.